The van der Waals surface area contributed by atoms with Gasteiger partial charge in [0.2, 0.25) is 0 Å². The van der Waals surface area contributed by atoms with Gasteiger partial charge >= 0.3 is 21.1 Å². The maximum atomic E-state index is 8.25. The third-order valence-corrected chi connectivity index (χ3v) is 0. The van der Waals surface area contributed by atoms with Crippen molar-refractivity contribution in [3.05, 3.63) is 61.3 Å². The zero-order valence-corrected chi connectivity index (χ0v) is 12.1. The number of hydrogen-bond donors (Lipinski definition) is 0. The largest absolute Gasteiger partial charge is 4.00 e. The monoisotopic (exact) mass is 454 g/mol. The Hall–Kier alpha value is -2.75. The van der Waals surface area contributed by atoms with Crippen molar-refractivity contribution in [1.29, 1.82) is 0 Å². The summed E-state index contributed by atoms with van der Waals surface area (Å²) < 4.78 is 0. The van der Waals surface area contributed by atoms with Crippen LogP contribution in [0.2, 0.25) is 0 Å². The second-order valence-electron chi connectivity index (χ2n) is 0.894. The van der Waals surface area contributed by atoms with E-state index >= 15 is 0 Å². The molecule has 0 saturated heterocycles. The van der Waals surface area contributed by atoms with Gasteiger partial charge in [-0.05, 0) is 0 Å². The molecule has 0 spiro atoms. The fourth-order valence-corrected chi connectivity index (χ4v) is 0. The van der Waals surface area contributed by atoms with E-state index in [1.807, 2.05) is 0 Å². The summed E-state index contributed by atoms with van der Waals surface area (Å²) in [5, 5.41) is 59.0. The zero-order chi connectivity index (χ0) is 14.3. The van der Waals surface area contributed by atoms with Gasteiger partial charge in [-0.15, -0.1) is 0 Å². The first-order valence-corrected chi connectivity index (χ1v) is 2.19. The van der Waals surface area contributed by atoms with Gasteiger partial charge in [-0.2, -0.15) is 0 Å². The first-order chi connectivity index (χ1) is 6.93. The molecule has 0 aliphatic rings. The standard InChI is InChI=1S/Mo.4NO3.6H2O/c;4*2-1(3)4;;;;;;/h;;;;;6*1H2/q+4;4*-1;;;;;;. The third kappa shape index (κ3) is 756. The average Bonchev–Trinajstić information content (AvgIpc) is 1.76. The Balaban J connectivity index is -0.00000000842. The van der Waals surface area contributed by atoms with Crippen molar-refractivity contribution >= 4 is 0 Å². The zero-order valence-electron chi connectivity index (χ0n) is 10.1. The summed E-state index contributed by atoms with van der Waals surface area (Å²) in [4.78, 5) is 33.0. The molecule has 0 rings (SSSR count). The van der Waals surface area contributed by atoms with Crippen LogP contribution in [0, 0.1) is 61.3 Å². The maximum Gasteiger partial charge on any atom is 4.00 e. The number of nitrogens with zero attached hydrogens (tertiary/aromatic N) is 4. The van der Waals surface area contributed by atoms with E-state index in [9.17, 15) is 0 Å². The quantitative estimate of drug-likeness (QED) is 0.188. The van der Waals surface area contributed by atoms with Crippen molar-refractivity contribution in [3.63, 3.8) is 0 Å². The molecule has 146 valence electrons. The number of rotatable bonds is 0. The minimum atomic E-state index is -1.75. The van der Waals surface area contributed by atoms with Crippen LogP contribution in [0.4, 0.5) is 0 Å². The van der Waals surface area contributed by atoms with E-state index in [0.717, 1.165) is 0 Å². The predicted octanol–water partition coefficient (Wildman–Crippen LogP) is -5.91. The van der Waals surface area contributed by atoms with Gasteiger partial charge in [0.15, 0.2) is 0 Å². The fraction of sp³-hybridized carbons (Fsp3) is 0. The molecular weight excluding hydrogens is 440 g/mol. The van der Waals surface area contributed by atoms with Crippen molar-refractivity contribution in [2.24, 2.45) is 0 Å². The van der Waals surface area contributed by atoms with E-state index in [4.69, 9.17) is 61.3 Å². The molecule has 0 bridgehead atoms. The van der Waals surface area contributed by atoms with Gasteiger partial charge in [-0.3, -0.25) is 0 Å². The molecule has 0 fully saturated rings. The van der Waals surface area contributed by atoms with Crippen molar-refractivity contribution in [2.45, 2.75) is 0 Å². The van der Waals surface area contributed by atoms with E-state index in [1.54, 1.807) is 0 Å². The molecule has 0 aromatic rings. The van der Waals surface area contributed by atoms with Crippen LogP contribution in [0.3, 0.4) is 0 Å². The third-order valence-electron chi connectivity index (χ3n) is 0. The summed E-state index contributed by atoms with van der Waals surface area (Å²) in [6, 6.07) is 0. The van der Waals surface area contributed by atoms with Crippen molar-refractivity contribution in [2.75, 3.05) is 0 Å². The fourth-order valence-electron chi connectivity index (χ4n) is 0. The smallest absolute Gasteiger partial charge is 0.412 e. The second kappa shape index (κ2) is 74.9. The Kier molecular flexibility index (Phi) is 286. The molecule has 0 saturated carbocycles. The molecule has 22 nitrogen and oxygen atoms in total. The molecule has 0 aliphatic carbocycles. The Bertz CT molecular complexity index is 161. The molecule has 0 heterocycles. The molecule has 0 radical (unpaired) electrons. The van der Waals surface area contributed by atoms with Crippen LogP contribution >= 0.6 is 0 Å². The predicted molar refractivity (Wildman–Crippen MR) is 63.1 cm³/mol. The van der Waals surface area contributed by atoms with Crippen LogP contribution in [0.25, 0.3) is 0 Å². The Morgan fingerprint density at radius 3 is 0.348 bits per heavy atom. The summed E-state index contributed by atoms with van der Waals surface area (Å²) in [6.07, 6.45) is 0. The summed E-state index contributed by atoms with van der Waals surface area (Å²) in [7, 11) is 0. The second-order valence-corrected chi connectivity index (χ2v) is 0.894. The first kappa shape index (κ1) is 87.7. The van der Waals surface area contributed by atoms with Crippen molar-refractivity contribution in [1.82, 2.24) is 0 Å². The van der Waals surface area contributed by atoms with E-state index in [1.165, 1.54) is 0 Å². The van der Waals surface area contributed by atoms with Gasteiger partial charge in [0, 0.05) is 0 Å². The van der Waals surface area contributed by atoms with Crippen LogP contribution in [0.15, 0.2) is 0 Å². The van der Waals surface area contributed by atoms with Crippen molar-refractivity contribution < 1.29 is 74.3 Å². The molecule has 0 atom stereocenters. The molecule has 12 N–H and O–H groups in total. The Labute approximate surface area is 136 Å². The van der Waals surface area contributed by atoms with Gasteiger partial charge in [0.05, 0.1) is 20.3 Å². The summed E-state index contributed by atoms with van der Waals surface area (Å²) in [5.74, 6) is 0. The van der Waals surface area contributed by atoms with E-state index < -0.39 is 20.3 Å². The average molecular weight is 452 g/mol. The molecule has 0 unspecified atom stereocenters. The van der Waals surface area contributed by atoms with Crippen LogP contribution in [0.1, 0.15) is 0 Å². The summed E-state index contributed by atoms with van der Waals surface area (Å²) in [6.45, 7) is 0. The van der Waals surface area contributed by atoms with Gasteiger partial charge in [0.1, 0.15) is 0 Å². The molecule has 0 aromatic carbocycles. The van der Waals surface area contributed by atoms with Gasteiger partial charge in [-0.1, -0.05) is 0 Å². The normalized spacial score (nSPS) is 4.17. The summed E-state index contributed by atoms with van der Waals surface area (Å²) in [5.41, 5.74) is 0. The maximum absolute atomic E-state index is 8.25. The summed E-state index contributed by atoms with van der Waals surface area (Å²) >= 11 is 0. The number of hydrogen-bond acceptors (Lipinski definition) is 12. The molecule has 0 aromatic heterocycles. The molecule has 0 aliphatic heterocycles. The van der Waals surface area contributed by atoms with Gasteiger partial charge in [0.25, 0.3) is 0 Å². The van der Waals surface area contributed by atoms with Crippen LogP contribution < -0.4 is 0 Å². The molecule has 0 amide bonds. The Morgan fingerprint density at radius 1 is 0.348 bits per heavy atom. The van der Waals surface area contributed by atoms with Crippen LogP contribution in [-0.4, -0.2) is 53.2 Å². The molecular formula is H12MoN4O18. The minimum Gasteiger partial charge on any atom is -0.412 e. The minimum absolute atomic E-state index is 0. The SMILES string of the molecule is O.O.O.O.O.O.O=[N+]([O-])[O-].O=[N+]([O-])[O-].O=[N+]([O-])[O-].O=[N+]([O-])[O-].[Mo+4]. The van der Waals surface area contributed by atoms with Crippen molar-refractivity contribution in [3.8, 4) is 0 Å². The van der Waals surface area contributed by atoms with Gasteiger partial charge < -0.3 is 94.1 Å². The molecule has 23 heavy (non-hydrogen) atoms. The topological polar surface area (TPSA) is 454 Å². The molecule has 23 heteroatoms. The Morgan fingerprint density at radius 2 is 0.348 bits per heavy atom. The van der Waals surface area contributed by atoms with Crippen LogP contribution in [-0.2, 0) is 21.1 Å². The van der Waals surface area contributed by atoms with E-state index in [2.05, 4.69) is 0 Å². The van der Waals surface area contributed by atoms with Gasteiger partial charge in [-0.25, -0.2) is 0 Å². The van der Waals surface area contributed by atoms with Crippen LogP contribution in [0.5, 0.6) is 0 Å². The van der Waals surface area contributed by atoms with E-state index in [-0.39, 0.29) is 53.9 Å². The first-order valence-electron chi connectivity index (χ1n) is 2.19. The van der Waals surface area contributed by atoms with E-state index in [0.29, 0.717) is 0 Å².